The first-order valence-corrected chi connectivity index (χ1v) is 6.23. The zero-order valence-electron chi connectivity index (χ0n) is 10.2. The van der Waals surface area contributed by atoms with Crippen LogP contribution in [0.4, 0.5) is 18.9 Å². The highest BCUT2D eigenvalue weighted by molar-refractivity contribution is 7.80. The summed E-state index contributed by atoms with van der Waals surface area (Å²) in [4.78, 5) is 10.1. The molecule has 1 N–H and O–H groups in total. The van der Waals surface area contributed by atoms with Gasteiger partial charge < -0.3 is 5.32 Å². The maximum Gasteiger partial charge on any atom is 0.277 e. The summed E-state index contributed by atoms with van der Waals surface area (Å²) in [6.07, 6.45) is -0.634. The molecule has 4 nitrogen and oxygen atoms in total. The van der Waals surface area contributed by atoms with Gasteiger partial charge in [0.2, 0.25) is 0 Å². The number of nitrogens with zero attached hydrogens (tertiary/aromatic N) is 1. The fourth-order valence-electron chi connectivity index (χ4n) is 2.25. The topological polar surface area (TPSA) is 55.2 Å². The van der Waals surface area contributed by atoms with E-state index in [1.165, 1.54) is 12.1 Å². The number of nitro benzene ring substituents is 1. The van der Waals surface area contributed by atoms with Gasteiger partial charge in [0, 0.05) is 25.0 Å². The van der Waals surface area contributed by atoms with E-state index in [2.05, 4.69) is 5.32 Å². The highest BCUT2D eigenvalue weighted by Gasteiger charge is 2.57. The molecule has 1 heterocycles. The van der Waals surface area contributed by atoms with E-state index in [-0.39, 0.29) is 22.7 Å². The number of benzene rings is 1. The van der Waals surface area contributed by atoms with Crippen LogP contribution in [0, 0.1) is 10.1 Å². The van der Waals surface area contributed by atoms with E-state index in [0.29, 0.717) is 0 Å². The Balaban J connectivity index is 2.56. The van der Waals surface area contributed by atoms with Crippen LogP contribution in [0.25, 0.3) is 0 Å². The third kappa shape index (κ3) is 2.24. The van der Waals surface area contributed by atoms with Gasteiger partial charge in [-0.3, -0.25) is 10.1 Å². The van der Waals surface area contributed by atoms with E-state index in [0.717, 1.165) is 12.1 Å². The van der Waals surface area contributed by atoms with Crippen LogP contribution in [0.5, 0.6) is 0 Å². The van der Waals surface area contributed by atoms with Crippen molar-refractivity contribution in [2.75, 3.05) is 6.67 Å². The molecule has 1 aliphatic heterocycles. The van der Waals surface area contributed by atoms with Crippen LogP contribution in [0.3, 0.4) is 0 Å². The van der Waals surface area contributed by atoms with Gasteiger partial charge in [0.05, 0.1) is 9.91 Å². The minimum Gasteiger partial charge on any atom is -0.363 e. The van der Waals surface area contributed by atoms with Crippen LogP contribution in [0.1, 0.15) is 18.4 Å². The van der Waals surface area contributed by atoms with E-state index in [4.69, 9.17) is 12.2 Å². The van der Waals surface area contributed by atoms with E-state index in [9.17, 15) is 23.3 Å². The van der Waals surface area contributed by atoms with Crippen molar-refractivity contribution in [1.29, 1.82) is 0 Å². The van der Waals surface area contributed by atoms with Gasteiger partial charge >= 0.3 is 0 Å². The Morgan fingerprint density at radius 2 is 2.15 bits per heavy atom. The van der Waals surface area contributed by atoms with Crippen LogP contribution < -0.4 is 5.32 Å². The van der Waals surface area contributed by atoms with Gasteiger partial charge in [-0.05, 0) is 5.56 Å². The zero-order chi connectivity index (χ0) is 15.0. The quantitative estimate of drug-likeness (QED) is 0.529. The number of halogens is 3. The maximum atomic E-state index is 14.2. The molecule has 1 atom stereocenters. The fourth-order valence-corrected chi connectivity index (χ4v) is 2.53. The second kappa shape index (κ2) is 5.01. The molecule has 0 spiro atoms. The lowest BCUT2D eigenvalue weighted by atomic mass is 9.79. The first-order chi connectivity index (χ1) is 9.32. The van der Waals surface area contributed by atoms with E-state index < -0.39 is 29.5 Å². The molecule has 108 valence electrons. The molecule has 1 aromatic carbocycles. The third-order valence-corrected chi connectivity index (χ3v) is 3.70. The summed E-state index contributed by atoms with van der Waals surface area (Å²) in [6.45, 7) is -1.42. The van der Waals surface area contributed by atoms with Crippen molar-refractivity contribution in [2.24, 2.45) is 0 Å². The van der Waals surface area contributed by atoms with Gasteiger partial charge in [-0.25, -0.2) is 13.2 Å². The molecule has 0 unspecified atom stereocenters. The predicted molar refractivity (Wildman–Crippen MR) is 70.7 cm³/mol. The Bertz CT molecular complexity index is 567. The molecular weight excluding hydrogens is 293 g/mol. The van der Waals surface area contributed by atoms with Crippen LogP contribution in [-0.4, -0.2) is 22.5 Å². The molecule has 20 heavy (non-hydrogen) atoms. The lowest BCUT2D eigenvalue weighted by Crippen LogP contribution is -2.62. The highest BCUT2D eigenvalue weighted by atomic mass is 32.1. The monoisotopic (exact) mass is 304 g/mol. The SMILES string of the molecule is O=[N+]([O-])c1cccc([C@@]2(CF)NC(=S)CCC2(F)F)c1. The van der Waals surface area contributed by atoms with Crippen molar-refractivity contribution >= 4 is 22.9 Å². The zero-order valence-corrected chi connectivity index (χ0v) is 11.1. The first kappa shape index (κ1) is 14.7. The lowest BCUT2D eigenvalue weighted by Gasteiger charge is -2.43. The summed E-state index contributed by atoms with van der Waals surface area (Å²) in [5.74, 6) is -3.39. The number of piperidine rings is 1. The summed E-state index contributed by atoms with van der Waals surface area (Å²) in [6, 6.07) is 4.60. The molecule has 1 saturated heterocycles. The van der Waals surface area contributed by atoms with Crippen LogP contribution in [0.2, 0.25) is 0 Å². The molecular formula is C12H11F3N2O2S. The minimum atomic E-state index is -3.39. The molecule has 1 aliphatic rings. The summed E-state index contributed by atoms with van der Waals surface area (Å²) in [7, 11) is 0. The minimum absolute atomic E-state index is 0.0426. The smallest absolute Gasteiger partial charge is 0.277 e. The van der Waals surface area contributed by atoms with Gasteiger partial charge in [0.1, 0.15) is 6.67 Å². The predicted octanol–water partition coefficient (Wildman–Crippen LogP) is 3.11. The first-order valence-electron chi connectivity index (χ1n) is 5.82. The van der Waals surface area contributed by atoms with E-state index in [1.54, 1.807) is 0 Å². The Morgan fingerprint density at radius 1 is 1.45 bits per heavy atom. The largest absolute Gasteiger partial charge is 0.363 e. The number of alkyl halides is 3. The van der Waals surface area contributed by atoms with Gasteiger partial charge in [-0.1, -0.05) is 24.4 Å². The lowest BCUT2D eigenvalue weighted by molar-refractivity contribution is -0.385. The van der Waals surface area contributed by atoms with Gasteiger partial charge in [0.25, 0.3) is 11.6 Å². The van der Waals surface area contributed by atoms with Gasteiger partial charge in [-0.15, -0.1) is 0 Å². The van der Waals surface area contributed by atoms with Crippen molar-refractivity contribution in [3.8, 4) is 0 Å². The summed E-state index contributed by atoms with van der Waals surface area (Å²) in [5.41, 5.74) is -2.89. The van der Waals surface area contributed by atoms with Gasteiger partial charge in [0.15, 0.2) is 5.54 Å². The second-order valence-corrected chi connectivity index (χ2v) is 5.09. The summed E-state index contributed by atoms with van der Waals surface area (Å²) >= 11 is 4.86. The van der Waals surface area contributed by atoms with E-state index >= 15 is 0 Å². The normalized spacial score (nSPS) is 25.1. The molecule has 0 aromatic heterocycles. The third-order valence-electron chi connectivity index (χ3n) is 3.39. The number of nitro groups is 1. The van der Waals surface area contributed by atoms with E-state index in [1.807, 2.05) is 0 Å². The van der Waals surface area contributed by atoms with Crippen molar-refractivity contribution < 1.29 is 18.1 Å². The Hall–Kier alpha value is -1.70. The van der Waals surface area contributed by atoms with Crippen molar-refractivity contribution in [3.05, 3.63) is 39.9 Å². The van der Waals surface area contributed by atoms with Gasteiger partial charge in [-0.2, -0.15) is 0 Å². The molecule has 0 aliphatic carbocycles. The molecule has 0 bridgehead atoms. The molecule has 1 fully saturated rings. The summed E-state index contributed by atoms with van der Waals surface area (Å²) in [5, 5.41) is 13.1. The number of hydrogen-bond donors (Lipinski definition) is 1. The van der Waals surface area contributed by atoms with Crippen LogP contribution in [-0.2, 0) is 5.54 Å². The highest BCUT2D eigenvalue weighted by Crippen LogP contribution is 2.44. The molecule has 8 heteroatoms. The van der Waals surface area contributed by atoms with Crippen LogP contribution >= 0.6 is 12.2 Å². The van der Waals surface area contributed by atoms with Crippen molar-refractivity contribution in [2.45, 2.75) is 24.3 Å². The number of non-ortho nitro benzene ring substituents is 1. The summed E-state index contributed by atoms with van der Waals surface area (Å²) < 4.78 is 41.8. The Morgan fingerprint density at radius 3 is 2.75 bits per heavy atom. The Kier molecular flexibility index (Phi) is 3.68. The molecule has 0 radical (unpaired) electrons. The van der Waals surface area contributed by atoms with Crippen LogP contribution in [0.15, 0.2) is 24.3 Å². The average molecular weight is 304 g/mol. The Labute approximate surface area is 118 Å². The number of nitrogens with one attached hydrogen (secondary N) is 1. The van der Waals surface area contributed by atoms with Crippen molar-refractivity contribution in [3.63, 3.8) is 0 Å². The number of hydrogen-bond acceptors (Lipinski definition) is 3. The molecule has 1 aromatic rings. The molecule has 0 saturated carbocycles. The average Bonchev–Trinajstić information content (AvgIpc) is 2.41. The molecule has 2 rings (SSSR count). The second-order valence-electron chi connectivity index (χ2n) is 4.60. The van der Waals surface area contributed by atoms with Crippen molar-refractivity contribution in [1.82, 2.24) is 5.32 Å². The number of rotatable bonds is 3. The molecule has 0 amide bonds. The fraction of sp³-hybridized carbons (Fsp3) is 0.417. The maximum absolute atomic E-state index is 14.2. The number of thiocarbonyl (C=S) groups is 1. The standard InChI is InChI=1S/C12H11F3N2O2S/c13-7-11(12(14,15)5-4-10(20)16-11)8-2-1-3-9(6-8)17(18)19/h1-3,6H,4-5,7H2,(H,16,20)/t11-/m1/s1.